The molecule has 0 aliphatic rings. The predicted octanol–water partition coefficient (Wildman–Crippen LogP) is 2.55. The van der Waals surface area contributed by atoms with Gasteiger partial charge in [-0.1, -0.05) is 6.07 Å². The number of amides is 1. The maximum atomic E-state index is 11.2. The standard InChI is InChI=1S/C9H12ClNOS/c1-6(10)9(12)11-7(2)8-4-3-5-13-8/h3-7H,1-2H3,(H,11,12)/t6?,7-/m1/s1. The number of carbonyl (C=O) groups is 1. The summed E-state index contributed by atoms with van der Waals surface area (Å²) in [6, 6.07) is 4.01. The second kappa shape index (κ2) is 4.63. The fourth-order valence-electron chi connectivity index (χ4n) is 0.937. The van der Waals surface area contributed by atoms with Crippen molar-refractivity contribution in [3.63, 3.8) is 0 Å². The number of alkyl halides is 1. The van der Waals surface area contributed by atoms with Crippen LogP contribution in [-0.4, -0.2) is 11.3 Å². The van der Waals surface area contributed by atoms with Crippen LogP contribution in [0.2, 0.25) is 0 Å². The minimum atomic E-state index is -0.470. The molecule has 0 spiro atoms. The summed E-state index contributed by atoms with van der Waals surface area (Å²) >= 11 is 7.25. The van der Waals surface area contributed by atoms with Crippen LogP contribution in [0, 0.1) is 0 Å². The van der Waals surface area contributed by atoms with Gasteiger partial charge in [-0.25, -0.2) is 0 Å². The summed E-state index contributed by atoms with van der Waals surface area (Å²) in [5.74, 6) is -0.123. The molecule has 0 aliphatic carbocycles. The van der Waals surface area contributed by atoms with E-state index in [1.54, 1.807) is 18.3 Å². The lowest BCUT2D eigenvalue weighted by Gasteiger charge is -2.12. The van der Waals surface area contributed by atoms with Crippen molar-refractivity contribution in [2.24, 2.45) is 0 Å². The Hall–Kier alpha value is -0.540. The second-order valence-corrected chi connectivity index (χ2v) is 4.50. The van der Waals surface area contributed by atoms with Crippen LogP contribution in [0.25, 0.3) is 0 Å². The first-order valence-corrected chi connectivity index (χ1v) is 5.40. The summed E-state index contributed by atoms with van der Waals surface area (Å²) in [5, 5.41) is 4.34. The van der Waals surface area contributed by atoms with Crippen LogP contribution in [0.15, 0.2) is 17.5 Å². The molecule has 1 rings (SSSR count). The van der Waals surface area contributed by atoms with Crippen LogP contribution in [0.1, 0.15) is 24.8 Å². The molecule has 2 nitrogen and oxygen atoms in total. The largest absolute Gasteiger partial charge is 0.347 e. The third-order valence-electron chi connectivity index (χ3n) is 1.69. The fraction of sp³-hybridized carbons (Fsp3) is 0.444. The van der Waals surface area contributed by atoms with Gasteiger partial charge in [0.2, 0.25) is 5.91 Å². The molecular weight excluding hydrogens is 206 g/mol. The Morgan fingerprint density at radius 3 is 2.77 bits per heavy atom. The minimum absolute atomic E-state index is 0.0497. The number of nitrogens with one attached hydrogen (secondary N) is 1. The maximum Gasteiger partial charge on any atom is 0.238 e. The van der Waals surface area contributed by atoms with Gasteiger partial charge in [0.1, 0.15) is 5.38 Å². The summed E-state index contributed by atoms with van der Waals surface area (Å²) < 4.78 is 0. The van der Waals surface area contributed by atoms with Crippen molar-refractivity contribution in [3.05, 3.63) is 22.4 Å². The smallest absolute Gasteiger partial charge is 0.238 e. The summed E-state index contributed by atoms with van der Waals surface area (Å²) in [4.78, 5) is 12.4. The quantitative estimate of drug-likeness (QED) is 0.775. The molecule has 1 unspecified atom stereocenters. The molecule has 72 valence electrons. The molecule has 0 saturated carbocycles. The Bertz CT molecular complexity index is 271. The highest BCUT2D eigenvalue weighted by atomic mass is 35.5. The molecule has 0 aromatic carbocycles. The van der Waals surface area contributed by atoms with Gasteiger partial charge in [-0.05, 0) is 25.3 Å². The summed E-state index contributed by atoms with van der Waals surface area (Å²) in [5.41, 5.74) is 0. The van der Waals surface area contributed by atoms with Crippen LogP contribution in [-0.2, 0) is 4.79 Å². The van der Waals surface area contributed by atoms with E-state index in [1.165, 1.54) is 0 Å². The molecule has 1 amide bonds. The van der Waals surface area contributed by atoms with Crippen molar-refractivity contribution < 1.29 is 4.79 Å². The van der Waals surface area contributed by atoms with Crippen LogP contribution >= 0.6 is 22.9 Å². The van der Waals surface area contributed by atoms with Crippen molar-refractivity contribution in [2.75, 3.05) is 0 Å². The van der Waals surface area contributed by atoms with E-state index in [4.69, 9.17) is 11.6 Å². The third kappa shape index (κ3) is 3.01. The first kappa shape index (κ1) is 10.5. The minimum Gasteiger partial charge on any atom is -0.347 e. The molecule has 1 aromatic rings. The maximum absolute atomic E-state index is 11.2. The van der Waals surface area contributed by atoms with Crippen molar-refractivity contribution in [3.8, 4) is 0 Å². The van der Waals surface area contributed by atoms with Gasteiger partial charge >= 0.3 is 0 Å². The molecule has 1 heterocycles. The van der Waals surface area contributed by atoms with Crippen LogP contribution in [0.3, 0.4) is 0 Å². The molecule has 4 heteroatoms. The first-order valence-electron chi connectivity index (χ1n) is 4.09. The number of hydrogen-bond acceptors (Lipinski definition) is 2. The van der Waals surface area contributed by atoms with Crippen LogP contribution in [0.4, 0.5) is 0 Å². The zero-order chi connectivity index (χ0) is 9.84. The molecule has 0 radical (unpaired) electrons. The van der Waals surface area contributed by atoms with Crippen molar-refractivity contribution in [2.45, 2.75) is 25.3 Å². The van der Waals surface area contributed by atoms with E-state index in [2.05, 4.69) is 5.32 Å². The van der Waals surface area contributed by atoms with Crippen LogP contribution < -0.4 is 5.32 Å². The Labute approximate surface area is 86.9 Å². The summed E-state index contributed by atoms with van der Waals surface area (Å²) in [6.07, 6.45) is 0. The Morgan fingerprint density at radius 1 is 1.62 bits per heavy atom. The van der Waals surface area contributed by atoms with E-state index in [-0.39, 0.29) is 11.9 Å². The Morgan fingerprint density at radius 2 is 2.31 bits per heavy atom. The Balaban J connectivity index is 2.51. The molecule has 0 bridgehead atoms. The zero-order valence-corrected chi connectivity index (χ0v) is 9.15. The lowest BCUT2D eigenvalue weighted by Crippen LogP contribution is -2.31. The number of thiophene rings is 1. The molecule has 1 aromatic heterocycles. The number of hydrogen-bond donors (Lipinski definition) is 1. The van der Waals surface area contributed by atoms with Gasteiger partial charge in [0, 0.05) is 4.88 Å². The highest BCUT2D eigenvalue weighted by Gasteiger charge is 2.13. The average Bonchev–Trinajstić information content (AvgIpc) is 2.55. The SMILES string of the molecule is CC(Cl)C(=O)N[C@H](C)c1cccs1. The van der Waals surface area contributed by atoms with Crippen molar-refractivity contribution in [1.29, 1.82) is 0 Å². The molecule has 1 N–H and O–H groups in total. The van der Waals surface area contributed by atoms with Gasteiger partial charge in [0.15, 0.2) is 0 Å². The van der Waals surface area contributed by atoms with E-state index in [1.807, 2.05) is 24.4 Å². The summed E-state index contributed by atoms with van der Waals surface area (Å²) in [7, 11) is 0. The molecule has 13 heavy (non-hydrogen) atoms. The van der Waals surface area contributed by atoms with E-state index in [0.717, 1.165) is 4.88 Å². The summed E-state index contributed by atoms with van der Waals surface area (Å²) in [6.45, 7) is 3.61. The van der Waals surface area contributed by atoms with E-state index < -0.39 is 5.38 Å². The average molecular weight is 218 g/mol. The van der Waals surface area contributed by atoms with Gasteiger partial charge < -0.3 is 5.32 Å². The van der Waals surface area contributed by atoms with Gasteiger partial charge in [0.05, 0.1) is 6.04 Å². The monoisotopic (exact) mass is 217 g/mol. The van der Waals surface area contributed by atoms with E-state index in [0.29, 0.717) is 0 Å². The van der Waals surface area contributed by atoms with Gasteiger partial charge in [-0.3, -0.25) is 4.79 Å². The third-order valence-corrected chi connectivity index (χ3v) is 2.94. The normalized spacial score (nSPS) is 15.0. The molecule has 0 saturated heterocycles. The van der Waals surface area contributed by atoms with Gasteiger partial charge in [0.25, 0.3) is 0 Å². The van der Waals surface area contributed by atoms with E-state index in [9.17, 15) is 4.79 Å². The van der Waals surface area contributed by atoms with Crippen LogP contribution in [0.5, 0.6) is 0 Å². The lowest BCUT2D eigenvalue weighted by molar-refractivity contribution is -0.121. The Kier molecular flexibility index (Phi) is 3.75. The number of carbonyl (C=O) groups excluding carboxylic acids is 1. The predicted molar refractivity (Wildman–Crippen MR) is 56.2 cm³/mol. The molecule has 0 fully saturated rings. The molecule has 0 aliphatic heterocycles. The van der Waals surface area contributed by atoms with Gasteiger partial charge in [-0.2, -0.15) is 0 Å². The highest BCUT2D eigenvalue weighted by molar-refractivity contribution is 7.10. The van der Waals surface area contributed by atoms with E-state index >= 15 is 0 Å². The first-order chi connectivity index (χ1) is 6.11. The molecule has 2 atom stereocenters. The lowest BCUT2D eigenvalue weighted by atomic mass is 10.2. The van der Waals surface area contributed by atoms with Crippen molar-refractivity contribution >= 4 is 28.8 Å². The van der Waals surface area contributed by atoms with Crippen molar-refractivity contribution in [1.82, 2.24) is 5.32 Å². The number of rotatable bonds is 3. The molecular formula is C9H12ClNOS. The second-order valence-electron chi connectivity index (χ2n) is 2.86. The fourth-order valence-corrected chi connectivity index (χ4v) is 1.73. The topological polar surface area (TPSA) is 29.1 Å². The number of halogens is 1. The highest BCUT2D eigenvalue weighted by Crippen LogP contribution is 2.18. The zero-order valence-electron chi connectivity index (χ0n) is 7.58. The van der Waals surface area contributed by atoms with Gasteiger partial charge in [-0.15, -0.1) is 22.9 Å².